The molecular weight excluding hydrogens is 324 g/mol. The number of ether oxygens (including phenoxy) is 3. The van der Waals surface area contributed by atoms with Gasteiger partial charge >= 0.3 is 0 Å². The predicted octanol–water partition coefficient (Wildman–Crippen LogP) is 7.48. The zero-order valence-corrected chi connectivity index (χ0v) is 18.6. The first-order chi connectivity index (χ1) is 12.7. The largest absolute Gasteiger partial charge is 0.327 e. The molecule has 158 valence electrons. The van der Waals surface area contributed by atoms with E-state index in [9.17, 15) is 0 Å². The van der Waals surface area contributed by atoms with Crippen LogP contribution < -0.4 is 0 Å². The van der Waals surface area contributed by atoms with Crippen molar-refractivity contribution < 1.29 is 14.2 Å². The third-order valence-electron chi connectivity index (χ3n) is 5.00. The SMILES string of the molecule is CCCCCCCCC(C)C(OCCCC)(OCCCC)OCCCC. The molecule has 0 aromatic rings. The Labute approximate surface area is 164 Å². The third-order valence-corrected chi connectivity index (χ3v) is 5.00. The summed E-state index contributed by atoms with van der Waals surface area (Å²) in [6, 6.07) is 0. The van der Waals surface area contributed by atoms with Crippen LogP contribution in [0.2, 0.25) is 0 Å². The Kier molecular flexibility index (Phi) is 18.2. The summed E-state index contributed by atoms with van der Waals surface area (Å²) in [5.41, 5.74) is 0. The summed E-state index contributed by atoms with van der Waals surface area (Å²) in [6.45, 7) is 13.3. The molecule has 3 heteroatoms. The Morgan fingerprint density at radius 2 is 0.923 bits per heavy atom. The summed E-state index contributed by atoms with van der Waals surface area (Å²) in [5.74, 6) is -0.581. The maximum absolute atomic E-state index is 6.28. The van der Waals surface area contributed by atoms with Crippen LogP contribution in [0.3, 0.4) is 0 Å². The van der Waals surface area contributed by atoms with Gasteiger partial charge in [0.05, 0.1) is 19.8 Å². The van der Waals surface area contributed by atoms with Gasteiger partial charge in [0, 0.05) is 5.92 Å². The van der Waals surface area contributed by atoms with Crippen molar-refractivity contribution in [3.8, 4) is 0 Å². The average Bonchev–Trinajstić information content (AvgIpc) is 2.64. The van der Waals surface area contributed by atoms with E-state index in [2.05, 4.69) is 34.6 Å². The van der Waals surface area contributed by atoms with Crippen LogP contribution in [0.5, 0.6) is 0 Å². The third kappa shape index (κ3) is 12.3. The van der Waals surface area contributed by atoms with Gasteiger partial charge in [0.15, 0.2) is 0 Å². The van der Waals surface area contributed by atoms with Crippen LogP contribution in [0.1, 0.15) is 118 Å². The fourth-order valence-corrected chi connectivity index (χ4v) is 3.04. The fraction of sp³-hybridized carbons (Fsp3) is 1.00. The maximum atomic E-state index is 6.28. The molecule has 0 spiro atoms. The number of hydrogen-bond donors (Lipinski definition) is 0. The van der Waals surface area contributed by atoms with Crippen molar-refractivity contribution in [2.75, 3.05) is 19.8 Å². The highest BCUT2D eigenvalue weighted by molar-refractivity contribution is 4.69. The lowest BCUT2D eigenvalue weighted by Gasteiger charge is -2.38. The second-order valence-electron chi connectivity index (χ2n) is 7.67. The first-order valence-corrected chi connectivity index (χ1v) is 11.6. The van der Waals surface area contributed by atoms with Gasteiger partial charge in [-0.3, -0.25) is 0 Å². The Balaban J connectivity index is 4.71. The van der Waals surface area contributed by atoms with Gasteiger partial charge in [0.25, 0.3) is 5.97 Å². The van der Waals surface area contributed by atoms with Crippen LogP contribution >= 0.6 is 0 Å². The van der Waals surface area contributed by atoms with Crippen LogP contribution in [0.4, 0.5) is 0 Å². The van der Waals surface area contributed by atoms with E-state index in [1.807, 2.05) is 0 Å². The van der Waals surface area contributed by atoms with Gasteiger partial charge in [-0.25, -0.2) is 0 Å². The summed E-state index contributed by atoms with van der Waals surface area (Å²) in [4.78, 5) is 0. The zero-order chi connectivity index (χ0) is 19.5. The van der Waals surface area contributed by atoms with Gasteiger partial charge in [-0.1, -0.05) is 92.4 Å². The van der Waals surface area contributed by atoms with Crippen molar-refractivity contribution in [3.63, 3.8) is 0 Å². The minimum absolute atomic E-state index is 0.263. The predicted molar refractivity (Wildman–Crippen MR) is 112 cm³/mol. The van der Waals surface area contributed by atoms with Crippen molar-refractivity contribution >= 4 is 0 Å². The molecule has 0 aliphatic heterocycles. The van der Waals surface area contributed by atoms with Gasteiger partial charge in [0.2, 0.25) is 0 Å². The van der Waals surface area contributed by atoms with E-state index < -0.39 is 5.97 Å². The minimum atomic E-state index is -0.844. The molecule has 0 fully saturated rings. The van der Waals surface area contributed by atoms with Crippen LogP contribution in [0.25, 0.3) is 0 Å². The van der Waals surface area contributed by atoms with Gasteiger partial charge in [-0.05, 0) is 25.7 Å². The van der Waals surface area contributed by atoms with E-state index in [1.54, 1.807) is 0 Å². The van der Waals surface area contributed by atoms with E-state index in [1.165, 1.54) is 38.5 Å². The molecule has 0 aromatic carbocycles. The fourth-order valence-electron chi connectivity index (χ4n) is 3.04. The van der Waals surface area contributed by atoms with Gasteiger partial charge in [-0.2, -0.15) is 0 Å². The van der Waals surface area contributed by atoms with Crippen molar-refractivity contribution in [3.05, 3.63) is 0 Å². The Hall–Kier alpha value is -0.120. The van der Waals surface area contributed by atoms with E-state index in [0.717, 1.165) is 64.8 Å². The van der Waals surface area contributed by atoms with Gasteiger partial charge < -0.3 is 14.2 Å². The van der Waals surface area contributed by atoms with Gasteiger partial charge in [0.1, 0.15) is 0 Å². The van der Waals surface area contributed by atoms with E-state index in [0.29, 0.717) is 0 Å². The van der Waals surface area contributed by atoms with Crippen LogP contribution in [-0.4, -0.2) is 25.8 Å². The molecule has 1 atom stereocenters. The molecule has 0 heterocycles. The molecule has 26 heavy (non-hydrogen) atoms. The maximum Gasteiger partial charge on any atom is 0.285 e. The Bertz CT molecular complexity index is 254. The van der Waals surface area contributed by atoms with Crippen molar-refractivity contribution in [2.24, 2.45) is 5.92 Å². The molecule has 0 rings (SSSR count). The van der Waals surface area contributed by atoms with Crippen LogP contribution in [0, 0.1) is 5.92 Å². The second-order valence-corrected chi connectivity index (χ2v) is 7.67. The van der Waals surface area contributed by atoms with Crippen molar-refractivity contribution in [1.29, 1.82) is 0 Å². The lowest BCUT2D eigenvalue weighted by Crippen LogP contribution is -2.46. The van der Waals surface area contributed by atoms with Crippen LogP contribution in [0.15, 0.2) is 0 Å². The molecule has 0 radical (unpaired) electrons. The molecule has 0 aromatic heterocycles. The second kappa shape index (κ2) is 18.3. The highest BCUT2D eigenvalue weighted by Gasteiger charge is 2.39. The van der Waals surface area contributed by atoms with Crippen LogP contribution in [-0.2, 0) is 14.2 Å². The molecule has 0 aliphatic carbocycles. The number of hydrogen-bond acceptors (Lipinski definition) is 3. The first kappa shape index (κ1) is 25.9. The molecule has 0 amide bonds. The lowest BCUT2D eigenvalue weighted by molar-refractivity contribution is -0.404. The monoisotopic (exact) mass is 372 g/mol. The molecule has 0 bridgehead atoms. The highest BCUT2D eigenvalue weighted by atomic mass is 16.9. The summed E-state index contributed by atoms with van der Waals surface area (Å²) < 4.78 is 18.8. The normalized spacial score (nSPS) is 13.3. The number of rotatable bonds is 20. The summed E-state index contributed by atoms with van der Waals surface area (Å²) in [5, 5.41) is 0. The first-order valence-electron chi connectivity index (χ1n) is 11.6. The molecule has 0 saturated heterocycles. The number of unbranched alkanes of at least 4 members (excludes halogenated alkanes) is 8. The van der Waals surface area contributed by atoms with Crippen molar-refractivity contribution in [1.82, 2.24) is 0 Å². The quantitative estimate of drug-likeness (QED) is 0.164. The minimum Gasteiger partial charge on any atom is -0.327 e. The summed E-state index contributed by atoms with van der Waals surface area (Å²) in [6.07, 6.45) is 15.6. The smallest absolute Gasteiger partial charge is 0.285 e. The van der Waals surface area contributed by atoms with Crippen molar-refractivity contribution in [2.45, 2.75) is 124 Å². The molecule has 1 unspecified atom stereocenters. The molecule has 0 aliphatic rings. The summed E-state index contributed by atoms with van der Waals surface area (Å²) in [7, 11) is 0. The molecule has 3 nitrogen and oxygen atoms in total. The summed E-state index contributed by atoms with van der Waals surface area (Å²) >= 11 is 0. The standard InChI is InChI=1S/C23H48O3/c1-6-10-14-15-16-17-18-22(5)23(24-19-11-7-2,25-20-12-8-3)26-21-13-9-4/h22H,6-21H2,1-5H3. The Morgan fingerprint density at radius 3 is 1.35 bits per heavy atom. The highest BCUT2D eigenvalue weighted by Crippen LogP contribution is 2.31. The molecular formula is C23H48O3. The molecule has 0 N–H and O–H groups in total. The Morgan fingerprint density at radius 1 is 0.538 bits per heavy atom. The average molecular weight is 373 g/mol. The lowest BCUT2D eigenvalue weighted by atomic mass is 9.99. The zero-order valence-electron chi connectivity index (χ0n) is 18.6. The van der Waals surface area contributed by atoms with Gasteiger partial charge in [-0.15, -0.1) is 0 Å². The van der Waals surface area contributed by atoms with E-state index >= 15 is 0 Å². The van der Waals surface area contributed by atoms with E-state index in [4.69, 9.17) is 14.2 Å². The van der Waals surface area contributed by atoms with E-state index in [-0.39, 0.29) is 5.92 Å². The molecule has 0 saturated carbocycles. The topological polar surface area (TPSA) is 27.7 Å².